The zero-order valence-corrected chi connectivity index (χ0v) is 14.0. The van der Waals surface area contributed by atoms with E-state index >= 15 is 0 Å². The lowest BCUT2D eigenvalue weighted by atomic mass is 10.1. The summed E-state index contributed by atoms with van der Waals surface area (Å²) in [5.41, 5.74) is 2.92. The van der Waals surface area contributed by atoms with Gasteiger partial charge in [-0.2, -0.15) is 0 Å². The van der Waals surface area contributed by atoms with Crippen molar-refractivity contribution < 1.29 is 4.79 Å². The van der Waals surface area contributed by atoms with E-state index in [1.165, 1.54) is 10.5 Å². The maximum atomic E-state index is 12.2. The Balaban J connectivity index is 1.53. The third-order valence-electron chi connectivity index (χ3n) is 3.57. The molecule has 0 atom stereocenters. The van der Waals surface area contributed by atoms with Crippen LogP contribution in [0.15, 0.2) is 84.0 Å². The average molecular weight is 334 g/mol. The van der Waals surface area contributed by atoms with Crippen LogP contribution in [-0.4, -0.2) is 10.9 Å². The van der Waals surface area contributed by atoms with Crippen LogP contribution in [0.25, 0.3) is 0 Å². The Labute approximate surface area is 146 Å². The Kier molecular flexibility index (Phi) is 5.64. The van der Waals surface area contributed by atoms with Crippen molar-refractivity contribution in [2.24, 2.45) is 0 Å². The first-order valence-electron chi connectivity index (χ1n) is 7.75. The Morgan fingerprint density at radius 3 is 2.29 bits per heavy atom. The van der Waals surface area contributed by atoms with Gasteiger partial charge in [-0.3, -0.25) is 9.78 Å². The maximum Gasteiger partial charge on any atom is 0.251 e. The van der Waals surface area contributed by atoms with Gasteiger partial charge in [0.15, 0.2) is 0 Å². The quantitative estimate of drug-likeness (QED) is 0.683. The summed E-state index contributed by atoms with van der Waals surface area (Å²) in [6.45, 7) is 0.507. The highest BCUT2D eigenvalue weighted by Crippen LogP contribution is 2.22. The van der Waals surface area contributed by atoms with Crippen LogP contribution < -0.4 is 5.32 Å². The topological polar surface area (TPSA) is 42.0 Å². The van der Waals surface area contributed by atoms with E-state index in [1.54, 1.807) is 24.2 Å². The van der Waals surface area contributed by atoms with Crippen molar-refractivity contribution >= 4 is 17.7 Å². The molecule has 0 aliphatic rings. The van der Waals surface area contributed by atoms with Gasteiger partial charge >= 0.3 is 0 Å². The summed E-state index contributed by atoms with van der Waals surface area (Å²) >= 11 is 1.79. The Morgan fingerprint density at radius 2 is 1.58 bits per heavy atom. The number of nitrogens with one attached hydrogen (secondary N) is 1. The zero-order chi connectivity index (χ0) is 16.6. The Morgan fingerprint density at radius 1 is 0.875 bits per heavy atom. The molecular weight excluding hydrogens is 316 g/mol. The number of thioether (sulfide) groups is 1. The van der Waals surface area contributed by atoms with Gasteiger partial charge in [-0.25, -0.2) is 0 Å². The summed E-state index contributed by atoms with van der Waals surface area (Å²) in [5.74, 6) is 0.831. The molecule has 2 aromatic carbocycles. The summed E-state index contributed by atoms with van der Waals surface area (Å²) in [4.78, 5) is 17.4. The van der Waals surface area contributed by atoms with Crippen LogP contribution in [0.1, 0.15) is 21.5 Å². The monoisotopic (exact) mass is 334 g/mol. The fourth-order valence-electron chi connectivity index (χ4n) is 2.22. The van der Waals surface area contributed by atoms with E-state index in [0.717, 1.165) is 11.3 Å². The SMILES string of the molecule is O=C(NCc1ccncc1)c1ccc(CSc2ccccc2)cc1. The molecule has 0 aliphatic carbocycles. The Bertz CT molecular complexity index is 774. The lowest BCUT2D eigenvalue weighted by molar-refractivity contribution is 0.0951. The van der Waals surface area contributed by atoms with Gasteiger partial charge in [-0.15, -0.1) is 11.8 Å². The van der Waals surface area contributed by atoms with Crippen molar-refractivity contribution in [1.29, 1.82) is 0 Å². The third-order valence-corrected chi connectivity index (χ3v) is 4.65. The number of pyridine rings is 1. The second-order valence-corrected chi connectivity index (χ2v) is 6.39. The maximum absolute atomic E-state index is 12.2. The van der Waals surface area contributed by atoms with Crippen LogP contribution in [0.4, 0.5) is 0 Å². The molecule has 120 valence electrons. The minimum atomic E-state index is -0.0610. The largest absolute Gasteiger partial charge is 0.348 e. The molecule has 4 heteroatoms. The van der Waals surface area contributed by atoms with Crippen LogP contribution >= 0.6 is 11.8 Å². The molecule has 0 saturated carbocycles. The van der Waals surface area contributed by atoms with Gasteiger partial charge in [0.25, 0.3) is 5.91 Å². The first kappa shape index (κ1) is 16.3. The molecule has 24 heavy (non-hydrogen) atoms. The first-order valence-corrected chi connectivity index (χ1v) is 8.74. The molecule has 3 nitrogen and oxygen atoms in total. The third kappa shape index (κ3) is 4.70. The first-order chi connectivity index (χ1) is 11.8. The number of carbonyl (C=O) groups is 1. The number of hydrogen-bond donors (Lipinski definition) is 1. The molecule has 0 spiro atoms. The lowest BCUT2D eigenvalue weighted by Crippen LogP contribution is -2.22. The molecule has 0 bridgehead atoms. The molecule has 3 rings (SSSR count). The standard InChI is InChI=1S/C20H18N2OS/c23-20(22-14-16-10-12-21-13-11-16)18-8-6-17(7-9-18)15-24-19-4-2-1-3-5-19/h1-13H,14-15H2,(H,22,23). The van der Waals surface area contributed by atoms with E-state index in [-0.39, 0.29) is 5.91 Å². The molecular formula is C20H18N2OS. The molecule has 0 aliphatic heterocycles. The molecule has 3 aromatic rings. The zero-order valence-electron chi connectivity index (χ0n) is 13.2. The van der Waals surface area contributed by atoms with Crippen LogP contribution in [0.3, 0.4) is 0 Å². The van der Waals surface area contributed by atoms with Crippen molar-refractivity contribution in [3.63, 3.8) is 0 Å². The molecule has 0 fully saturated rings. The van der Waals surface area contributed by atoms with Gasteiger partial charge in [-0.1, -0.05) is 30.3 Å². The fourth-order valence-corrected chi connectivity index (χ4v) is 3.10. The van der Waals surface area contributed by atoms with Gasteiger partial charge in [-0.05, 0) is 47.5 Å². The molecule has 0 saturated heterocycles. The van der Waals surface area contributed by atoms with Gasteiger partial charge in [0.05, 0.1) is 0 Å². The van der Waals surface area contributed by atoms with E-state index in [0.29, 0.717) is 12.1 Å². The van der Waals surface area contributed by atoms with E-state index in [9.17, 15) is 4.79 Å². The number of aromatic nitrogens is 1. The van der Waals surface area contributed by atoms with Crippen molar-refractivity contribution in [3.8, 4) is 0 Å². The molecule has 0 unspecified atom stereocenters. The molecule has 1 aromatic heterocycles. The predicted molar refractivity (Wildman–Crippen MR) is 97.9 cm³/mol. The minimum absolute atomic E-state index is 0.0610. The van der Waals surface area contributed by atoms with E-state index in [1.807, 2.05) is 54.6 Å². The van der Waals surface area contributed by atoms with Gasteiger partial charge < -0.3 is 5.32 Å². The highest BCUT2D eigenvalue weighted by molar-refractivity contribution is 7.98. The molecule has 1 heterocycles. The molecule has 0 radical (unpaired) electrons. The second kappa shape index (κ2) is 8.31. The van der Waals surface area contributed by atoms with Crippen molar-refractivity contribution in [1.82, 2.24) is 10.3 Å². The highest BCUT2D eigenvalue weighted by atomic mass is 32.2. The summed E-state index contributed by atoms with van der Waals surface area (Å²) in [5, 5.41) is 2.92. The highest BCUT2D eigenvalue weighted by Gasteiger charge is 2.05. The van der Waals surface area contributed by atoms with Crippen molar-refractivity contribution in [2.45, 2.75) is 17.2 Å². The van der Waals surface area contributed by atoms with Crippen molar-refractivity contribution in [2.75, 3.05) is 0 Å². The molecule has 1 amide bonds. The number of benzene rings is 2. The normalized spacial score (nSPS) is 10.3. The van der Waals surface area contributed by atoms with Crippen LogP contribution in [0.2, 0.25) is 0 Å². The van der Waals surface area contributed by atoms with Gasteiger partial charge in [0.2, 0.25) is 0 Å². The van der Waals surface area contributed by atoms with Crippen LogP contribution in [0, 0.1) is 0 Å². The van der Waals surface area contributed by atoms with Crippen LogP contribution in [0.5, 0.6) is 0 Å². The smallest absolute Gasteiger partial charge is 0.251 e. The number of carbonyl (C=O) groups excluding carboxylic acids is 1. The number of rotatable bonds is 6. The summed E-state index contributed by atoms with van der Waals surface area (Å²) in [6, 6.07) is 21.9. The van der Waals surface area contributed by atoms with E-state index in [4.69, 9.17) is 0 Å². The number of nitrogens with zero attached hydrogens (tertiary/aromatic N) is 1. The second-order valence-electron chi connectivity index (χ2n) is 5.34. The summed E-state index contributed by atoms with van der Waals surface area (Å²) in [6.07, 6.45) is 3.45. The van der Waals surface area contributed by atoms with Gasteiger partial charge in [0.1, 0.15) is 0 Å². The van der Waals surface area contributed by atoms with Gasteiger partial charge in [0, 0.05) is 35.2 Å². The average Bonchev–Trinajstić information content (AvgIpc) is 2.66. The predicted octanol–water partition coefficient (Wildman–Crippen LogP) is 4.30. The van der Waals surface area contributed by atoms with E-state index in [2.05, 4.69) is 22.4 Å². The van der Waals surface area contributed by atoms with Crippen LogP contribution in [-0.2, 0) is 12.3 Å². The fraction of sp³-hybridized carbons (Fsp3) is 0.100. The van der Waals surface area contributed by atoms with Crippen molar-refractivity contribution in [3.05, 3.63) is 95.8 Å². The Hall–Kier alpha value is -2.59. The minimum Gasteiger partial charge on any atom is -0.348 e. The van der Waals surface area contributed by atoms with E-state index < -0.39 is 0 Å². The number of hydrogen-bond acceptors (Lipinski definition) is 3. The summed E-state index contributed by atoms with van der Waals surface area (Å²) < 4.78 is 0. The number of amides is 1. The molecule has 1 N–H and O–H groups in total. The lowest BCUT2D eigenvalue weighted by Gasteiger charge is -2.06. The summed E-state index contributed by atoms with van der Waals surface area (Å²) in [7, 11) is 0.